The van der Waals surface area contributed by atoms with E-state index in [1.807, 2.05) is 0 Å². The summed E-state index contributed by atoms with van der Waals surface area (Å²) in [7, 11) is 0. The van der Waals surface area contributed by atoms with Gasteiger partial charge < -0.3 is 10.1 Å². The van der Waals surface area contributed by atoms with Gasteiger partial charge in [0.25, 0.3) is 0 Å². The van der Waals surface area contributed by atoms with Gasteiger partial charge in [0.15, 0.2) is 0 Å². The summed E-state index contributed by atoms with van der Waals surface area (Å²) in [5.74, 6) is -1.12. The van der Waals surface area contributed by atoms with Crippen LogP contribution >= 0.6 is 15.9 Å². The lowest BCUT2D eigenvalue weighted by Gasteiger charge is -2.44. The van der Waals surface area contributed by atoms with Gasteiger partial charge in [-0.2, -0.15) is 0 Å². The van der Waals surface area contributed by atoms with E-state index in [4.69, 9.17) is 4.74 Å². The summed E-state index contributed by atoms with van der Waals surface area (Å²) in [6.07, 6.45) is 7.66. The van der Waals surface area contributed by atoms with E-state index in [0.29, 0.717) is 12.3 Å². The van der Waals surface area contributed by atoms with Crippen LogP contribution in [0.5, 0.6) is 0 Å². The molecular weight excluding hydrogens is 340 g/mol. The van der Waals surface area contributed by atoms with Gasteiger partial charge in [-0.15, -0.1) is 0 Å². The summed E-state index contributed by atoms with van der Waals surface area (Å²) in [5, 5.41) is 3.24. The Bertz CT molecular complexity index is 512. The zero-order chi connectivity index (χ0) is 14.9. The molecule has 1 unspecified atom stereocenters. The molecule has 1 saturated heterocycles. The summed E-state index contributed by atoms with van der Waals surface area (Å²) in [6.45, 7) is 0.710. The van der Waals surface area contributed by atoms with Crippen molar-refractivity contribution >= 4 is 21.6 Å². The number of rotatable bonds is 2. The van der Waals surface area contributed by atoms with Crippen LogP contribution in [-0.2, 0) is 4.74 Å². The Morgan fingerprint density at radius 1 is 1.14 bits per heavy atom. The Hall–Kier alpha value is -0.680. The van der Waals surface area contributed by atoms with Gasteiger partial charge in [-0.25, -0.2) is 8.78 Å². The molecule has 1 atom stereocenters. The van der Waals surface area contributed by atoms with Gasteiger partial charge in [-0.3, -0.25) is 0 Å². The van der Waals surface area contributed by atoms with Crippen LogP contribution in [0.3, 0.4) is 0 Å². The SMILES string of the molecule is Fc1cc(F)c(NC2CCOC3(CCCCC3)C2)cc1Br. The molecule has 1 aliphatic heterocycles. The van der Waals surface area contributed by atoms with Crippen LogP contribution < -0.4 is 5.32 Å². The van der Waals surface area contributed by atoms with Gasteiger partial charge in [-0.1, -0.05) is 19.3 Å². The number of halogens is 3. The predicted molar refractivity (Wildman–Crippen MR) is 82.5 cm³/mol. The first-order valence-corrected chi connectivity index (χ1v) is 8.42. The van der Waals surface area contributed by atoms with Crippen molar-refractivity contribution in [2.75, 3.05) is 11.9 Å². The molecule has 2 aliphatic rings. The quantitative estimate of drug-likeness (QED) is 0.748. The van der Waals surface area contributed by atoms with Gasteiger partial charge in [0.2, 0.25) is 0 Å². The van der Waals surface area contributed by atoms with E-state index in [1.54, 1.807) is 0 Å². The highest BCUT2D eigenvalue weighted by molar-refractivity contribution is 9.10. The predicted octanol–water partition coefficient (Wildman–Crippen LogP) is 5.02. The van der Waals surface area contributed by atoms with E-state index in [1.165, 1.54) is 25.3 Å². The molecule has 1 N–H and O–H groups in total. The van der Waals surface area contributed by atoms with Crippen molar-refractivity contribution in [2.45, 2.75) is 56.6 Å². The van der Waals surface area contributed by atoms with E-state index in [0.717, 1.165) is 31.7 Å². The minimum atomic E-state index is -0.575. The maximum atomic E-state index is 13.9. The fourth-order valence-electron chi connectivity index (χ4n) is 3.55. The zero-order valence-electron chi connectivity index (χ0n) is 11.9. The van der Waals surface area contributed by atoms with E-state index in [2.05, 4.69) is 21.2 Å². The Morgan fingerprint density at radius 3 is 2.67 bits per heavy atom. The summed E-state index contributed by atoms with van der Waals surface area (Å²) < 4.78 is 33.5. The maximum absolute atomic E-state index is 13.9. The lowest BCUT2D eigenvalue weighted by molar-refractivity contribution is -0.103. The normalized spacial score (nSPS) is 25.0. The second-order valence-electron chi connectivity index (χ2n) is 6.17. The second-order valence-corrected chi connectivity index (χ2v) is 7.03. The number of ether oxygens (including phenoxy) is 1. The third kappa shape index (κ3) is 3.39. The van der Waals surface area contributed by atoms with Gasteiger partial charge in [0, 0.05) is 18.7 Å². The van der Waals surface area contributed by atoms with Crippen molar-refractivity contribution < 1.29 is 13.5 Å². The Kier molecular flexibility index (Phi) is 4.50. The minimum Gasteiger partial charge on any atom is -0.380 e. The van der Waals surface area contributed by atoms with Crippen LogP contribution in [0, 0.1) is 11.6 Å². The molecule has 0 radical (unpaired) electrons. The van der Waals surface area contributed by atoms with Gasteiger partial charge in [0.05, 0.1) is 15.8 Å². The van der Waals surface area contributed by atoms with Crippen LogP contribution in [0.25, 0.3) is 0 Å². The lowest BCUT2D eigenvalue weighted by Crippen LogP contribution is -2.45. The van der Waals surface area contributed by atoms with Crippen LogP contribution in [0.15, 0.2) is 16.6 Å². The molecule has 1 spiro atoms. The van der Waals surface area contributed by atoms with E-state index in [-0.39, 0.29) is 16.1 Å². The number of nitrogens with one attached hydrogen (secondary N) is 1. The van der Waals surface area contributed by atoms with E-state index >= 15 is 0 Å². The van der Waals surface area contributed by atoms with Crippen LogP contribution in [0.2, 0.25) is 0 Å². The lowest BCUT2D eigenvalue weighted by atomic mass is 9.78. The Balaban J connectivity index is 1.71. The average Bonchev–Trinajstić information content (AvgIpc) is 2.46. The van der Waals surface area contributed by atoms with Crippen LogP contribution in [-0.4, -0.2) is 18.2 Å². The maximum Gasteiger partial charge on any atom is 0.149 e. The molecule has 1 heterocycles. The molecule has 116 valence electrons. The summed E-state index contributed by atoms with van der Waals surface area (Å²) >= 11 is 3.11. The van der Waals surface area contributed by atoms with Crippen LogP contribution in [0.1, 0.15) is 44.9 Å². The number of hydrogen-bond donors (Lipinski definition) is 1. The molecule has 0 amide bonds. The number of anilines is 1. The number of benzene rings is 1. The molecule has 1 aliphatic carbocycles. The molecule has 0 bridgehead atoms. The molecule has 21 heavy (non-hydrogen) atoms. The zero-order valence-corrected chi connectivity index (χ0v) is 13.5. The van der Waals surface area contributed by atoms with Crippen molar-refractivity contribution in [2.24, 2.45) is 0 Å². The van der Waals surface area contributed by atoms with E-state index < -0.39 is 11.6 Å². The molecule has 3 rings (SSSR count). The smallest absolute Gasteiger partial charge is 0.149 e. The van der Waals surface area contributed by atoms with Crippen molar-refractivity contribution in [1.82, 2.24) is 0 Å². The van der Waals surface area contributed by atoms with Gasteiger partial charge in [0.1, 0.15) is 11.6 Å². The third-order valence-corrected chi connectivity index (χ3v) is 5.24. The highest BCUT2D eigenvalue weighted by Gasteiger charge is 2.38. The second kappa shape index (κ2) is 6.21. The van der Waals surface area contributed by atoms with Crippen molar-refractivity contribution in [3.05, 3.63) is 28.2 Å². The first kappa shape index (κ1) is 15.2. The molecule has 1 saturated carbocycles. The fourth-order valence-corrected chi connectivity index (χ4v) is 3.89. The Morgan fingerprint density at radius 2 is 1.90 bits per heavy atom. The molecule has 2 nitrogen and oxygen atoms in total. The van der Waals surface area contributed by atoms with Crippen molar-refractivity contribution in [3.8, 4) is 0 Å². The van der Waals surface area contributed by atoms with Crippen LogP contribution in [0.4, 0.5) is 14.5 Å². The molecule has 1 aromatic rings. The largest absolute Gasteiger partial charge is 0.380 e. The standard InChI is InChI=1S/C16H20BrF2NO/c17-12-8-15(14(19)9-13(12)18)20-11-4-7-21-16(10-11)5-2-1-3-6-16/h8-9,11,20H,1-7,10H2. The first-order chi connectivity index (χ1) is 10.1. The topological polar surface area (TPSA) is 21.3 Å². The molecule has 0 aromatic heterocycles. The fraction of sp³-hybridized carbons (Fsp3) is 0.625. The number of hydrogen-bond acceptors (Lipinski definition) is 2. The van der Waals surface area contributed by atoms with Crippen molar-refractivity contribution in [3.63, 3.8) is 0 Å². The van der Waals surface area contributed by atoms with E-state index in [9.17, 15) is 8.78 Å². The monoisotopic (exact) mass is 359 g/mol. The molecule has 5 heteroatoms. The highest BCUT2D eigenvalue weighted by atomic mass is 79.9. The minimum absolute atomic E-state index is 0.0259. The first-order valence-electron chi connectivity index (χ1n) is 7.63. The Labute approximate surface area is 132 Å². The summed E-state index contributed by atoms with van der Waals surface area (Å²) in [5.41, 5.74) is 0.336. The van der Waals surface area contributed by atoms with Crippen molar-refractivity contribution in [1.29, 1.82) is 0 Å². The highest BCUT2D eigenvalue weighted by Crippen LogP contribution is 2.39. The van der Waals surface area contributed by atoms with Gasteiger partial charge >= 0.3 is 0 Å². The average molecular weight is 360 g/mol. The molecular formula is C16H20BrF2NO. The van der Waals surface area contributed by atoms with Gasteiger partial charge in [-0.05, 0) is 47.7 Å². The summed E-state index contributed by atoms with van der Waals surface area (Å²) in [4.78, 5) is 0. The molecule has 2 fully saturated rings. The summed E-state index contributed by atoms with van der Waals surface area (Å²) in [6, 6.07) is 2.58. The molecule has 1 aromatic carbocycles. The third-order valence-electron chi connectivity index (χ3n) is 4.63.